The molecule has 1 aliphatic heterocycles. The zero-order chi connectivity index (χ0) is 17.8. The minimum absolute atomic E-state index is 0.0303. The third-order valence-corrected chi connectivity index (χ3v) is 4.85. The third-order valence-electron chi connectivity index (χ3n) is 4.85. The van der Waals surface area contributed by atoms with E-state index in [1.807, 2.05) is 38.1 Å². The van der Waals surface area contributed by atoms with Gasteiger partial charge in [0.25, 0.3) is 0 Å². The number of furan rings is 1. The number of amides is 1. The van der Waals surface area contributed by atoms with Crippen molar-refractivity contribution in [3.63, 3.8) is 0 Å². The molecule has 0 atom stereocenters. The fraction of sp³-hybridized carbons (Fsp3) is 0.200. The second-order valence-corrected chi connectivity index (χ2v) is 6.85. The van der Waals surface area contributed by atoms with E-state index in [9.17, 15) is 14.7 Å². The molecule has 0 unspecified atom stereocenters. The van der Waals surface area contributed by atoms with Gasteiger partial charge < -0.3 is 14.4 Å². The molecule has 0 saturated heterocycles. The van der Waals surface area contributed by atoms with Gasteiger partial charge in [-0.15, -0.1) is 0 Å². The predicted molar refractivity (Wildman–Crippen MR) is 93.8 cm³/mol. The summed E-state index contributed by atoms with van der Waals surface area (Å²) in [6.45, 7) is 4.13. The van der Waals surface area contributed by atoms with Crippen LogP contribution in [0.4, 0.5) is 5.69 Å². The van der Waals surface area contributed by atoms with Crippen molar-refractivity contribution < 1.29 is 19.1 Å². The number of nitrogens with zero attached hydrogens (tertiary/aromatic N) is 1. The number of carbonyl (C=O) groups is 2. The van der Waals surface area contributed by atoms with Crippen LogP contribution in [0.25, 0.3) is 11.0 Å². The topological polar surface area (TPSA) is 70.8 Å². The minimum atomic E-state index is -1.00. The number of fused-ring (bicyclic) bond motifs is 2. The van der Waals surface area contributed by atoms with Crippen LogP contribution in [0.5, 0.6) is 0 Å². The fourth-order valence-corrected chi connectivity index (χ4v) is 3.43. The number of benzene rings is 2. The van der Waals surface area contributed by atoms with Crippen LogP contribution in [0.2, 0.25) is 0 Å². The Hall–Kier alpha value is -3.08. The van der Waals surface area contributed by atoms with E-state index in [-0.39, 0.29) is 11.5 Å². The molecule has 3 aromatic rings. The van der Waals surface area contributed by atoms with Gasteiger partial charge in [0.2, 0.25) is 5.91 Å². The molecule has 0 aliphatic carbocycles. The van der Waals surface area contributed by atoms with E-state index in [2.05, 4.69) is 0 Å². The Balaban J connectivity index is 1.78. The summed E-state index contributed by atoms with van der Waals surface area (Å²) in [4.78, 5) is 25.9. The van der Waals surface area contributed by atoms with Crippen LogP contribution in [-0.4, -0.2) is 17.0 Å². The molecule has 1 N–H and O–H groups in total. The summed E-state index contributed by atoms with van der Waals surface area (Å²) in [5, 5.41) is 10.2. The highest BCUT2D eigenvalue weighted by molar-refractivity contribution is 6.08. The van der Waals surface area contributed by atoms with Gasteiger partial charge in [0.1, 0.15) is 5.58 Å². The van der Waals surface area contributed by atoms with Crippen molar-refractivity contribution in [3.8, 4) is 0 Å². The lowest BCUT2D eigenvalue weighted by atomic mass is 9.86. The van der Waals surface area contributed by atoms with Gasteiger partial charge in [-0.2, -0.15) is 0 Å². The smallest absolute Gasteiger partial charge is 0.335 e. The molecule has 126 valence electrons. The van der Waals surface area contributed by atoms with Crippen molar-refractivity contribution in [2.45, 2.75) is 25.8 Å². The average molecular weight is 335 g/mol. The van der Waals surface area contributed by atoms with Crippen molar-refractivity contribution in [1.82, 2.24) is 0 Å². The summed E-state index contributed by atoms with van der Waals surface area (Å²) in [5.74, 6) is -1.03. The number of rotatable bonds is 3. The number of anilines is 1. The number of hydrogen-bond donors (Lipinski definition) is 1. The minimum Gasteiger partial charge on any atom is -0.478 e. The lowest BCUT2D eigenvalue weighted by Crippen LogP contribution is -2.35. The number of carboxylic acid groups (broad SMARTS) is 1. The third kappa shape index (κ3) is 2.31. The Morgan fingerprint density at radius 2 is 1.96 bits per heavy atom. The molecular formula is C20H17NO4. The molecule has 1 aromatic heterocycles. The second-order valence-electron chi connectivity index (χ2n) is 6.85. The van der Waals surface area contributed by atoms with Crippen molar-refractivity contribution in [2.24, 2.45) is 0 Å². The molecule has 25 heavy (non-hydrogen) atoms. The number of hydrogen-bond acceptors (Lipinski definition) is 3. The number of aromatic carboxylic acids is 1. The SMILES string of the molecule is CC1(C)C(=O)N(Cc2ccc3occc3c2)c2cc(C(=O)O)ccc21. The van der Waals surface area contributed by atoms with Gasteiger partial charge in [-0.3, -0.25) is 4.79 Å². The van der Waals surface area contributed by atoms with Crippen LogP contribution in [0.15, 0.2) is 53.1 Å². The summed E-state index contributed by atoms with van der Waals surface area (Å²) >= 11 is 0. The lowest BCUT2D eigenvalue weighted by Gasteiger charge is -2.20. The number of carbonyl (C=O) groups excluding carboxylic acids is 1. The average Bonchev–Trinajstić information content (AvgIpc) is 3.12. The van der Waals surface area contributed by atoms with E-state index in [4.69, 9.17) is 4.42 Å². The molecule has 2 aromatic carbocycles. The highest BCUT2D eigenvalue weighted by Gasteiger charge is 2.44. The summed E-state index contributed by atoms with van der Waals surface area (Å²) in [6.07, 6.45) is 1.63. The molecule has 1 aliphatic rings. The maximum Gasteiger partial charge on any atom is 0.335 e. The zero-order valence-corrected chi connectivity index (χ0v) is 13.9. The first-order chi connectivity index (χ1) is 11.9. The summed E-state index contributed by atoms with van der Waals surface area (Å²) in [6, 6.07) is 12.5. The van der Waals surface area contributed by atoms with Crippen molar-refractivity contribution in [3.05, 3.63) is 65.4 Å². The standard InChI is InChI=1S/C20H17NO4/c1-20(2)15-5-4-14(18(22)23)10-16(15)21(19(20)24)11-12-3-6-17-13(9-12)7-8-25-17/h3-10H,11H2,1-2H3,(H,22,23). The molecule has 0 bridgehead atoms. The Labute approximate surface area is 144 Å². The Morgan fingerprint density at radius 1 is 1.16 bits per heavy atom. The number of carboxylic acids is 1. The van der Waals surface area contributed by atoms with E-state index in [1.54, 1.807) is 29.4 Å². The quantitative estimate of drug-likeness (QED) is 0.786. The molecule has 2 heterocycles. The Morgan fingerprint density at radius 3 is 2.72 bits per heavy atom. The van der Waals surface area contributed by atoms with Gasteiger partial charge in [0, 0.05) is 11.1 Å². The van der Waals surface area contributed by atoms with Crippen LogP contribution < -0.4 is 4.90 Å². The van der Waals surface area contributed by atoms with Crippen molar-refractivity contribution in [1.29, 1.82) is 0 Å². The molecule has 5 nitrogen and oxygen atoms in total. The van der Waals surface area contributed by atoms with Crippen molar-refractivity contribution in [2.75, 3.05) is 4.90 Å². The molecular weight excluding hydrogens is 318 g/mol. The molecule has 0 radical (unpaired) electrons. The first kappa shape index (κ1) is 15.4. The monoisotopic (exact) mass is 335 g/mol. The second kappa shape index (κ2) is 5.21. The first-order valence-electron chi connectivity index (χ1n) is 8.04. The molecule has 1 amide bonds. The van der Waals surface area contributed by atoms with Crippen LogP contribution in [-0.2, 0) is 16.8 Å². The maximum atomic E-state index is 12.9. The molecule has 4 rings (SSSR count). The van der Waals surface area contributed by atoms with Gasteiger partial charge in [-0.25, -0.2) is 4.79 Å². The molecule has 5 heteroatoms. The Kier molecular flexibility index (Phi) is 3.22. The summed E-state index contributed by atoms with van der Waals surface area (Å²) in [5.41, 5.74) is 2.79. The molecule has 0 spiro atoms. The fourth-order valence-electron chi connectivity index (χ4n) is 3.43. The first-order valence-corrected chi connectivity index (χ1v) is 8.04. The summed E-state index contributed by atoms with van der Waals surface area (Å²) in [7, 11) is 0. The van der Waals surface area contributed by atoms with Crippen molar-refractivity contribution >= 4 is 28.5 Å². The van der Waals surface area contributed by atoms with E-state index in [1.165, 1.54) is 0 Å². The van der Waals surface area contributed by atoms with Gasteiger partial charge >= 0.3 is 5.97 Å². The van der Waals surface area contributed by atoms with Gasteiger partial charge in [-0.05, 0) is 55.3 Å². The highest BCUT2D eigenvalue weighted by Crippen LogP contribution is 2.42. The van der Waals surface area contributed by atoms with Gasteiger partial charge in [-0.1, -0.05) is 12.1 Å². The highest BCUT2D eigenvalue weighted by atomic mass is 16.4. The normalized spacial score (nSPS) is 15.6. The zero-order valence-electron chi connectivity index (χ0n) is 13.9. The van der Waals surface area contributed by atoms with Crippen LogP contribution in [0.1, 0.15) is 35.3 Å². The van der Waals surface area contributed by atoms with Crippen LogP contribution in [0.3, 0.4) is 0 Å². The predicted octanol–water partition coefficient (Wildman–Crippen LogP) is 3.96. The maximum absolute atomic E-state index is 12.9. The van der Waals surface area contributed by atoms with E-state index < -0.39 is 11.4 Å². The van der Waals surface area contributed by atoms with E-state index >= 15 is 0 Å². The lowest BCUT2D eigenvalue weighted by molar-refractivity contribution is -0.122. The largest absolute Gasteiger partial charge is 0.478 e. The van der Waals surface area contributed by atoms with Gasteiger partial charge in [0.05, 0.1) is 23.8 Å². The van der Waals surface area contributed by atoms with Crippen LogP contribution >= 0.6 is 0 Å². The molecule has 0 saturated carbocycles. The Bertz CT molecular complexity index is 1020. The molecule has 0 fully saturated rings. The van der Waals surface area contributed by atoms with Crippen LogP contribution in [0, 0.1) is 0 Å². The van der Waals surface area contributed by atoms with E-state index in [0.29, 0.717) is 12.2 Å². The summed E-state index contributed by atoms with van der Waals surface area (Å²) < 4.78 is 5.35. The van der Waals surface area contributed by atoms with Gasteiger partial charge in [0.15, 0.2) is 0 Å². The van der Waals surface area contributed by atoms with E-state index in [0.717, 1.165) is 22.1 Å².